The van der Waals surface area contributed by atoms with E-state index in [1.807, 2.05) is 0 Å². The molecule has 0 saturated heterocycles. The van der Waals surface area contributed by atoms with Crippen molar-refractivity contribution in [2.24, 2.45) is 0 Å². The number of aliphatic hydroxyl groups excluding tert-OH is 1. The minimum absolute atomic E-state index is 0.198. The summed E-state index contributed by atoms with van der Waals surface area (Å²) < 4.78 is 10.4. The number of methoxy groups -OCH3 is 2. The average Bonchev–Trinajstić information content (AvgIpc) is 2.65. The van der Waals surface area contributed by atoms with Crippen LogP contribution in [0, 0.1) is 0 Å². The number of carbonyl (C=O) groups is 2. The van der Waals surface area contributed by atoms with E-state index in [1.54, 1.807) is 48.5 Å². The lowest BCUT2D eigenvalue weighted by atomic mass is 10.1. The lowest BCUT2D eigenvalue weighted by Gasteiger charge is -2.23. The highest BCUT2D eigenvalue weighted by atomic mass is 16.5. The average molecular weight is 330 g/mol. The molecule has 2 rings (SSSR count). The molecule has 0 aliphatic rings. The number of hydrogen-bond acceptors (Lipinski definition) is 5. The molecule has 0 unspecified atom stereocenters. The van der Waals surface area contributed by atoms with Gasteiger partial charge in [0.1, 0.15) is 6.61 Å². The first-order valence-electron chi connectivity index (χ1n) is 7.13. The predicted octanol–water partition coefficient (Wildman–Crippen LogP) is 1.37. The smallest absolute Gasteiger partial charge is 0.274 e. The number of rotatable bonds is 5. The summed E-state index contributed by atoms with van der Waals surface area (Å²) >= 11 is 0. The van der Waals surface area contributed by atoms with Crippen LogP contribution in [0.3, 0.4) is 0 Å². The zero-order valence-corrected chi connectivity index (χ0v) is 13.4. The minimum atomic E-state index is -0.746. The second-order valence-electron chi connectivity index (χ2n) is 4.70. The van der Waals surface area contributed by atoms with E-state index in [-0.39, 0.29) is 11.3 Å². The number of carbonyl (C=O) groups excluding carboxylic acids is 2. The third kappa shape index (κ3) is 3.64. The Bertz CT molecular complexity index is 718. The molecule has 7 heteroatoms. The van der Waals surface area contributed by atoms with Crippen LogP contribution >= 0.6 is 0 Å². The Labute approximate surface area is 139 Å². The fourth-order valence-corrected chi connectivity index (χ4v) is 2.15. The van der Waals surface area contributed by atoms with Gasteiger partial charge < -0.3 is 14.6 Å². The van der Waals surface area contributed by atoms with Crippen molar-refractivity contribution in [2.45, 2.75) is 0 Å². The molecule has 2 aromatic rings. The van der Waals surface area contributed by atoms with Gasteiger partial charge in [-0.3, -0.25) is 15.0 Å². The molecule has 0 atom stereocenters. The van der Waals surface area contributed by atoms with Crippen molar-refractivity contribution in [1.82, 2.24) is 5.43 Å². The number of amides is 2. The Morgan fingerprint density at radius 3 is 2.33 bits per heavy atom. The minimum Gasteiger partial charge on any atom is -0.493 e. The highest BCUT2D eigenvalue weighted by Crippen LogP contribution is 2.30. The van der Waals surface area contributed by atoms with Gasteiger partial charge in [-0.25, -0.2) is 5.01 Å². The van der Waals surface area contributed by atoms with Crippen LogP contribution in [0.2, 0.25) is 0 Å². The van der Waals surface area contributed by atoms with Gasteiger partial charge in [0.25, 0.3) is 11.8 Å². The second kappa shape index (κ2) is 7.98. The van der Waals surface area contributed by atoms with E-state index in [1.165, 1.54) is 14.2 Å². The lowest BCUT2D eigenvalue weighted by molar-refractivity contribution is -0.121. The van der Waals surface area contributed by atoms with Crippen molar-refractivity contribution in [3.05, 3.63) is 54.1 Å². The number of benzene rings is 2. The number of anilines is 1. The fraction of sp³-hybridized carbons (Fsp3) is 0.176. The van der Waals surface area contributed by atoms with E-state index in [0.717, 1.165) is 5.01 Å². The fourth-order valence-electron chi connectivity index (χ4n) is 2.15. The Balaban J connectivity index is 2.34. The molecular weight excluding hydrogens is 312 g/mol. The molecule has 0 radical (unpaired) electrons. The van der Waals surface area contributed by atoms with Crippen molar-refractivity contribution in [1.29, 1.82) is 0 Å². The SMILES string of the molecule is COc1cccc(C(=O)NN(C(=O)CO)c2ccccc2)c1OC. The van der Waals surface area contributed by atoms with E-state index in [9.17, 15) is 9.59 Å². The van der Waals surface area contributed by atoms with Crippen molar-refractivity contribution in [2.75, 3.05) is 25.8 Å². The number of ether oxygens (including phenoxy) is 2. The molecule has 0 spiro atoms. The molecule has 0 heterocycles. The highest BCUT2D eigenvalue weighted by Gasteiger charge is 2.22. The van der Waals surface area contributed by atoms with Crippen LogP contribution in [0.1, 0.15) is 10.4 Å². The van der Waals surface area contributed by atoms with Crippen LogP contribution in [-0.4, -0.2) is 37.7 Å². The molecule has 24 heavy (non-hydrogen) atoms. The second-order valence-corrected chi connectivity index (χ2v) is 4.70. The molecule has 0 saturated carbocycles. The van der Waals surface area contributed by atoms with Gasteiger partial charge in [-0.15, -0.1) is 0 Å². The molecule has 0 aliphatic carbocycles. The third-order valence-electron chi connectivity index (χ3n) is 3.26. The number of hydrogen-bond donors (Lipinski definition) is 2. The first kappa shape index (κ1) is 17.3. The largest absolute Gasteiger partial charge is 0.493 e. The molecule has 2 aromatic carbocycles. The van der Waals surface area contributed by atoms with Crippen LogP contribution in [-0.2, 0) is 4.79 Å². The summed E-state index contributed by atoms with van der Waals surface area (Å²) in [6.07, 6.45) is 0. The summed E-state index contributed by atoms with van der Waals surface area (Å²) in [6, 6.07) is 13.3. The maximum atomic E-state index is 12.6. The number of aliphatic hydroxyl groups is 1. The Kier molecular flexibility index (Phi) is 5.75. The van der Waals surface area contributed by atoms with Gasteiger partial charge in [-0.2, -0.15) is 0 Å². The Morgan fingerprint density at radius 1 is 1.04 bits per heavy atom. The summed E-state index contributed by atoms with van der Waals surface area (Å²) in [4.78, 5) is 24.5. The number of para-hydroxylation sites is 2. The van der Waals surface area contributed by atoms with Crippen LogP contribution in [0.4, 0.5) is 5.69 Å². The molecule has 0 aromatic heterocycles. The molecule has 0 bridgehead atoms. The van der Waals surface area contributed by atoms with E-state index in [0.29, 0.717) is 11.4 Å². The van der Waals surface area contributed by atoms with Gasteiger partial charge in [-0.1, -0.05) is 24.3 Å². The topological polar surface area (TPSA) is 88.1 Å². The zero-order chi connectivity index (χ0) is 17.5. The number of nitrogens with zero attached hydrogens (tertiary/aromatic N) is 1. The van der Waals surface area contributed by atoms with E-state index in [2.05, 4.69) is 5.43 Å². The van der Waals surface area contributed by atoms with Crippen molar-refractivity contribution >= 4 is 17.5 Å². The van der Waals surface area contributed by atoms with Gasteiger partial charge in [0.05, 0.1) is 25.5 Å². The van der Waals surface area contributed by atoms with Crippen LogP contribution in [0.15, 0.2) is 48.5 Å². The van der Waals surface area contributed by atoms with Crippen molar-refractivity contribution < 1.29 is 24.2 Å². The van der Waals surface area contributed by atoms with Gasteiger partial charge in [0, 0.05) is 0 Å². The van der Waals surface area contributed by atoms with E-state index in [4.69, 9.17) is 14.6 Å². The van der Waals surface area contributed by atoms with Gasteiger partial charge in [-0.05, 0) is 24.3 Å². The molecule has 0 aliphatic heterocycles. The summed E-state index contributed by atoms with van der Waals surface area (Å²) in [5.41, 5.74) is 3.10. The lowest BCUT2D eigenvalue weighted by Crippen LogP contribution is -2.47. The zero-order valence-electron chi connectivity index (χ0n) is 13.4. The van der Waals surface area contributed by atoms with Crippen LogP contribution in [0.5, 0.6) is 11.5 Å². The Hall–Kier alpha value is -3.06. The van der Waals surface area contributed by atoms with E-state index < -0.39 is 18.4 Å². The summed E-state index contributed by atoms with van der Waals surface area (Å²) in [7, 11) is 2.88. The van der Waals surface area contributed by atoms with Crippen molar-refractivity contribution in [3.8, 4) is 11.5 Å². The Morgan fingerprint density at radius 2 is 1.75 bits per heavy atom. The van der Waals surface area contributed by atoms with E-state index >= 15 is 0 Å². The quantitative estimate of drug-likeness (QED) is 0.809. The van der Waals surface area contributed by atoms with Gasteiger partial charge >= 0.3 is 0 Å². The van der Waals surface area contributed by atoms with Gasteiger partial charge in [0.2, 0.25) is 0 Å². The third-order valence-corrected chi connectivity index (χ3v) is 3.26. The molecule has 2 N–H and O–H groups in total. The molecule has 7 nitrogen and oxygen atoms in total. The number of hydrazine groups is 1. The first-order chi connectivity index (χ1) is 11.6. The molecule has 126 valence electrons. The van der Waals surface area contributed by atoms with Gasteiger partial charge in [0.15, 0.2) is 11.5 Å². The monoisotopic (exact) mass is 330 g/mol. The first-order valence-corrected chi connectivity index (χ1v) is 7.13. The normalized spacial score (nSPS) is 9.96. The molecule has 2 amide bonds. The maximum absolute atomic E-state index is 12.6. The van der Waals surface area contributed by atoms with Crippen molar-refractivity contribution in [3.63, 3.8) is 0 Å². The highest BCUT2D eigenvalue weighted by molar-refractivity contribution is 6.03. The summed E-state index contributed by atoms with van der Waals surface area (Å²) in [5, 5.41) is 10.1. The number of nitrogens with one attached hydrogen (secondary N) is 1. The van der Waals surface area contributed by atoms with Crippen LogP contribution in [0.25, 0.3) is 0 Å². The molecular formula is C17H18N2O5. The molecule has 0 fully saturated rings. The standard InChI is InChI=1S/C17H18N2O5/c1-23-14-10-6-9-13(16(14)24-2)17(22)18-19(15(21)11-20)12-7-4-3-5-8-12/h3-10,20H,11H2,1-2H3,(H,18,22). The summed E-state index contributed by atoms with van der Waals surface area (Å²) in [6.45, 7) is -0.746. The summed E-state index contributed by atoms with van der Waals surface area (Å²) in [5.74, 6) is -0.598. The maximum Gasteiger partial charge on any atom is 0.274 e. The predicted molar refractivity (Wildman–Crippen MR) is 88.0 cm³/mol. The van der Waals surface area contributed by atoms with Crippen LogP contribution < -0.4 is 19.9 Å².